The summed E-state index contributed by atoms with van der Waals surface area (Å²) in [5, 5.41) is 4.22. The van der Waals surface area contributed by atoms with Crippen LogP contribution in [0.2, 0.25) is 0 Å². The Bertz CT molecular complexity index is 1500. The lowest BCUT2D eigenvalue weighted by atomic mass is 9.51. The van der Waals surface area contributed by atoms with E-state index in [-0.39, 0.29) is 35.8 Å². The maximum atomic E-state index is 14.2. The predicted molar refractivity (Wildman–Crippen MR) is 146 cm³/mol. The highest BCUT2D eigenvalue weighted by Crippen LogP contribution is 2.66. The predicted octanol–water partition coefficient (Wildman–Crippen LogP) is 3.67. The van der Waals surface area contributed by atoms with Crippen LogP contribution in [0.3, 0.4) is 0 Å². The Hall–Kier alpha value is -3.58. The molecule has 1 aromatic heterocycles. The molecule has 2 aliphatic heterocycles. The summed E-state index contributed by atoms with van der Waals surface area (Å²) in [6, 6.07) is 7.56. The van der Waals surface area contributed by atoms with Crippen LogP contribution in [0.25, 0.3) is 10.9 Å². The molecule has 1 aromatic carbocycles. The number of ketones is 3. The largest absolute Gasteiger partial charge is 0.663 e. The van der Waals surface area contributed by atoms with Crippen LogP contribution in [0.5, 0.6) is 0 Å². The van der Waals surface area contributed by atoms with Gasteiger partial charge in [0.05, 0.1) is 11.7 Å². The summed E-state index contributed by atoms with van der Waals surface area (Å²) in [4.78, 5) is 58.2. The van der Waals surface area contributed by atoms with Crippen molar-refractivity contribution < 1.29 is 23.9 Å². The Kier molecular flexibility index (Phi) is 5.92. The molecule has 39 heavy (non-hydrogen) atoms. The highest BCUT2D eigenvalue weighted by Gasteiger charge is 2.78. The van der Waals surface area contributed by atoms with Crippen molar-refractivity contribution >= 4 is 34.2 Å². The lowest BCUT2D eigenvalue weighted by molar-refractivity contribution is -0.145. The molecule has 3 fully saturated rings. The summed E-state index contributed by atoms with van der Waals surface area (Å²) in [7, 11) is 0. The van der Waals surface area contributed by atoms with Gasteiger partial charge in [0.25, 0.3) is 0 Å². The minimum absolute atomic E-state index is 0.00229. The van der Waals surface area contributed by atoms with E-state index in [2.05, 4.69) is 24.1 Å². The molecule has 7 heteroatoms. The van der Waals surface area contributed by atoms with Crippen LogP contribution in [0.4, 0.5) is 0 Å². The van der Waals surface area contributed by atoms with E-state index in [1.807, 2.05) is 49.5 Å². The van der Waals surface area contributed by atoms with E-state index in [9.17, 15) is 19.2 Å². The summed E-state index contributed by atoms with van der Waals surface area (Å²) < 4.78 is 6.31. The van der Waals surface area contributed by atoms with Gasteiger partial charge in [-0.3, -0.25) is 19.2 Å². The van der Waals surface area contributed by atoms with Crippen LogP contribution >= 0.6 is 0 Å². The van der Waals surface area contributed by atoms with Crippen molar-refractivity contribution in [2.75, 3.05) is 0 Å². The molecule has 2 saturated heterocycles. The summed E-state index contributed by atoms with van der Waals surface area (Å²) >= 11 is 0. The number of carbonyl (C=O) groups excluding carboxylic acids is 4. The molecule has 0 radical (unpaired) electrons. The average molecular weight is 526 g/mol. The number of rotatable bonds is 2. The van der Waals surface area contributed by atoms with Gasteiger partial charge in [-0.2, -0.15) is 6.20 Å². The van der Waals surface area contributed by atoms with Crippen LogP contribution in [-0.2, 0) is 30.3 Å². The Morgan fingerprint density at radius 1 is 1.10 bits per heavy atom. The molecular weight excluding hydrogens is 492 g/mol. The standard InChI is InChI=1S/C32H33N2O5/c1-17-8-7-10-22-29-31(4,39-29)19(3)27-24(15-20-16-33-23-11-6-5-9-21(20)23)34-30(38)32(22,27)26(36)13-12-25(35)28(37)18(2)14-17/h5-7,9-14,16-17,19,22,24,27,29H,8,15H2,1-4H3,(H,34,38)/q-1. The number of fused-ring (bicyclic) bond motifs is 3. The second kappa shape index (κ2) is 8.98. The van der Waals surface area contributed by atoms with Crippen molar-refractivity contribution in [3.05, 3.63) is 72.0 Å². The average Bonchev–Trinajstić information content (AvgIpc) is 3.31. The van der Waals surface area contributed by atoms with E-state index in [4.69, 9.17) is 4.74 Å². The molecule has 1 amide bonds. The number of nitrogens with one attached hydrogen (secondary N) is 1. The fourth-order valence-electron chi connectivity index (χ4n) is 7.51. The van der Waals surface area contributed by atoms with Gasteiger partial charge >= 0.3 is 0 Å². The van der Waals surface area contributed by atoms with Crippen molar-refractivity contribution in [1.29, 1.82) is 0 Å². The number of Topliss-reactive ketones (excluding diaryl/α,β-unsaturated/α-hetero) is 1. The number of hydrogen-bond acceptors (Lipinski definition) is 5. The lowest BCUT2D eigenvalue weighted by Gasteiger charge is -2.45. The third-order valence-corrected chi connectivity index (χ3v) is 9.65. The first-order chi connectivity index (χ1) is 18.6. The third kappa shape index (κ3) is 3.73. The van der Waals surface area contributed by atoms with E-state index in [0.29, 0.717) is 18.4 Å². The van der Waals surface area contributed by atoms with Gasteiger partial charge in [0.2, 0.25) is 17.5 Å². The van der Waals surface area contributed by atoms with Crippen LogP contribution in [0.1, 0.15) is 39.7 Å². The van der Waals surface area contributed by atoms with Gasteiger partial charge in [0.1, 0.15) is 5.41 Å². The number of hydrogen-bond donors (Lipinski definition) is 1. The maximum absolute atomic E-state index is 14.2. The zero-order valence-electron chi connectivity index (χ0n) is 22.6. The first-order valence-electron chi connectivity index (χ1n) is 13.7. The molecule has 8 unspecified atom stereocenters. The van der Waals surface area contributed by atoms with Crippen molar-refractivity contribution in [3.8, 4) is 0 Å². The normalized spacial score (nSPS) is 38.2. The summed E-state index contributed by atoms with van der Waals surface area (Å²) in [6.45, 7) is 7.72. The van der Waals surface area contributed by atoms with Gasteiger partial charge in [0.15, 0.2) is 5.78 Å². The number of allylic oxidation sites excluding steroid dienone is 5. The minimum atomic E-state index is -1.45. The molecule has 0 bridgehead atoms. The Morgan fingerprint density at radius 2 is 1.87 bits per heavy atom. The molecule has 1 saturated carbocycles. The smallest absolute Gasteiger partial charge is 0.235 e. The number of amides is 1. The lowest BCUT2D eigenvalue weighted by Crippen LogP contribution is -2.58. The first kappa shape index (κ1) is 25.7. The molecule has 1 N–H and O–H groups in total. The Labute approximate surface area is 227 Å². The number of aromatic nitrogens is 1. The zero-order valence-corrected chi connectivity index (χ0v) is 22.6. The number of benzene rings is 1. The van der Waals surface area contributed by atoms with Crippen molar-refractivity contribution in [2.24, 2.45) is 29.1 Å². The summed E-state index contributed by atoms with van der Waals surface area (Å²) in [5.74, 6) is -3.19. The molecule has 2 aliphatic carbocycles. The van der Waals surface area contributed by atoms with E-state index < -0.39 is 34.3 Å². The van der Waals surface area contributed by atoms with Gasteiger partial charge in [-0.05, 0) is 61.6 Å². The van der Waals surface area contributed by atoms with Crippen LogP contribution in [0.15, 0.2) is 66.4 Å². The Morgan fingerprint density at radius 3 is 2.67 bits per heavy atom. The highest BCUT2D eigenvalue weighted by atomic mass is 16.6. The van der Waals surface area contributed by atoms with Gasteiger partial charge in [-0.1, -0.05) is 61.9 Å². The number of carbonyl (C=O) groups is 4. The topological polar surface area (TPSA) is 107 Å². The highest BCUT2D eigenvalue weighted by molar-refractivity contribution is 6.47. The SMILES string of the molecule is CC1=CC(C)CC=CC2C3OC3(C)C(C)C3C(Cc4c[n-]c5ccccc45)NC(=O)C23C(=O)C=CC(=O)C1=O. The molecule has 6 rings (SSSR count). The van der Waals surface area contributed by atoms with Gasteiger partial charge in [-0.15, -0.1) is 5.52 Å². The molecular formula is C32H33N2O5-. The fourth-order valence-corrected chi connectivity index (χ4v) is 7.51. The number of para-hydroxylation sites is 1. The van der Waals surface area contributed by atoms with Crippen molar-refractivity contribution in [2.45, 2.75) is 58.3 Å². The van der Waals surface area contributed by atoms with Crippen LogP contribution in [0, 0.1) is 29.1 Å². The number of epoxide rings is 1. The second-order valence-electron chi connectivity index (χ2n) is 11.9. The summed E-state index contributed by atoms with van der Waals surface area (Å²) in [5.41, 5.74) is 0.346. The molecule has 7 nitrogen and oxygen atoms in total. The molecule has 202 valence electrons. The van der Waals surface area contributed by atoms with Crippen LogP contribution in [-0.4, -0.2) is 41.0 Å². The Balaban J connectivity index is 1.47. The molecule has 3 heterocycles. The third-order valence-electron chi connectivity index (χ3n) is 9.65. The van der Waals surface area contributed by atoms with E-state index >= 15 is 0 Å². The molecule has 1 spiro atoms. The van der Waals surface area contributed by atoms with Gasteiger partial charge < -0.3 is 15.0 Å². The van der Waals surface area contributed by atoms with Gasteiger partial charge in [-0.25, -0.2) is 0 Å². The van der Waals surface area contributed by atoms with E-state index in [1.165, 1.54) is 0 Å². The molecule has 2 aromatic rings. The van der Waals surface area contributed by atoms with Crippen LogP contribution < -0.4 is 10.3 Å². The molecule has 4 aliphatic rings. The number of ether oxygens (including phenoxy) is 1. The monoisotopic (exact) mass is 525 g/mol. The summed E-state index contributed by atoms with van der Waals surface area (Å²) in [6.07, 6.45) is 10.6. The van der Waals surface area contributed by atoms with E-state index in [0.717, 1.165) is 28.6 Å². The second-order valence-corrected chi connectivity index (χ2v) is 11.9. The van der Waals surface area contributed by atoms with Crippen molar-refractivity contribution in [1.82, 2.24) is 10.3 Å². The fraction of sp³-hybridized carbons (Fsp3) is 0.438. The number of nitrogens with zero attached hydrogens (tertiary/aromatic N) is 1. The quantitative estimate of drug-likeness (QED) is 0.278. The molecule has 8 atom stereocenters. The van der Waals surface area contributed by atoms with Crippen molar-refractivity contribution in [3.63, 3.8) is 0 Å². The van der Waals surface area contributed by atoms with E-state index in [1.54, 1.807) is 13.0 Å². The first-order valence-corrected chi connectivity index (χ1v) is 13.7. The van der Waals surface area contributed by atoms with Gasteiger partial charge in [0, 0.05) is 17.9 Å². The minimum Gasteiger partial charge on any atom is -0.663 e. The maximum Gasteiger partial charge on any atom is 0.235 e. The zero-order chi connectivity index (χ0) is 27.7.